The Balaban J connectivity index is 0.000000237. The molecule has 432 valence electrons. The highest BCUT2D eigenvalue weighted by Crippen LogP contribution is 2.40. The molecule has 0 saturated carbocycles. The van der Waals surface area contributed by atoms with Crippen molar-refractivity contribution >= 4 is 107 Å². The number of halogens is 5. The maximum Gasteiger partial charge on any atom is 0.410 e. The van der Waals surface area contributed by atoms with Gasteiger partial charge in [0.25, 0.3) is 0 Å². The number of amides is 3. The molecule has 3 N–H and O–H groups in total. The average molecular weight is 1350 g/mol. The van der Waals surface area contributed by atoms with Crippen LogP contribution in [0.5, 0.6) is 0 Å². The number of ether oxygens (including phenoxy) is 1. The zero-order chi connectivity index (χ0) is 56.0. The van der Waals surface area contributed by atoms with Gasteiger partial charge in [0.2, 0.25) is 11.8 Å². The summed E-state index contributed by atoms with van der Waals surface area (Å²) >= 11 is 20.0. The van der Waals surface area contributed by atoms with Gasteiger partial charge in [-0.2, -0.15) is 0 Å². The second-order valence-electron chi connectivity index (χ2n) is 21.0. The molecule has 4 aliphatic rings. The molecule has 4 atom stereocenters. The third-order valence-electron chi connectivity index (χ3n) is 15.5. The number of carbonyl (C=O) groups is 3. The van der Waals surface area contributed by atoms with Crippen LogP contribution in [0.3, 0.4) is 0 Å². The van der Waals surface area contributed by atoms with Crippen LogP contribution in [-0.4, -0.2) is 143 Å². The van der Waals surface area contributed by atoms with E-state index in [1.54, 1.807) is 4.90 Å². The zero-order valence-electron chi connectivity index (χ0n) is 47.0. The number of hydrogen-bond donors (Lipinski definition) is 3. The lowest BCUT2D eigenvalue weighted by atomic mass is 9.95. The Kier molecular flexibility index (Phi) is 23.3. The molecule has 2 aliphatic carbocycles. The standard InChI is InChI=1S/C34H36BrClN6O3.C26H30BrClN6O.2B.BrH/c1-22-19-40(23(2)39-22)13-12-37-33(43)30-20-41(14-15-42(30)34(44)45-21-24-6-4-3-5-7-24)32-29-11-10-28(36)17-25(29)8-9-26-16-27(35)18-38-31(26)32;1-16-14-33(17(2)32-16)9-8-30-26(35)23-15-34(10-7-29-23)25-22-6-5-21(28)12-18(22)3-4-19-11-20(27)13-31-24(19)25;;;/h3-7,10-11,16-19,30,32H,8-9,12-15,20-21H2,1-2H3,(H,37,43);5-6,11-14,23,25,29H,3-4,7-10,15H2,1-2H3,(H,30,35);;;1H/t30-,32?;23-,25?;;;/m11.../s1. The van der Waals surface area contributed by atoms with Crippen LogP contribution in [0.1, 0.15) is 85.5 Å². The Hall–Kier alpha value is -5.38. The van der Waals surface area contributed by atoms with E-state index in [-0.39, 0.29) is 70.4 Å². The number of rotatable bonds is 12. The van der Waals surface area contributed by atoms with E-state index in [2.05, 4.69) is 102 Å². The van der Waals surface area contributed by atoms with Crippen molar-refractivity contribution in [2.24, 2.45) is 0 Å². The average Bonchev–Trinajstić information content (AvgIpc) is 3.14. The molecule has 2 saturated heterocycles. The highest BCUT2D eigenvalue weighted by atomic mass is 79.9. The number of carbonyl (C=O) groups excluding carboxylic acids is 3. The molecule has 2 fully saturated rings. The molecule has 16 nitrogen and oxygen atoms in total. The first-order chi connectivity index (χ1) is 38.6. The molecule has 4 aromatic heterocycles. The van der Waals surface area contributed by atoms with Crippen LogP contribution in [0, 0.1) is 27.7 Å². The summed E-state index contributed by atoms with van der Waals surface area (Å²) in [5.41, 5.74) is 12.0. The topological polar surface area (TPSA) is 168 Å². The van der Waals surface area contributed by atoms with Crippen LogP contribution < -0.4 is 16.0 Å². The highest BCUT2D eigenvalue weighted by molar-refractivity contribution is 9.10. The maximum atomic E-state index is 13.9. The van der Waals surface area contributed by atoms with Gasteiger partial charge in [0.05, 0.1) is 40.9 Å². The van der Waals surface area contributed by atoms with Gasteiger partial charge in [-0.05, 0) is 161 Å². The fourth-order valence-corrected chi connectivity index (χ4v) is 12.8. The number of aromatic nitrogens is 6. The van der Waals surface area contributed by atoms with E-state index in [0.717, 1.165) is 104 Å². The molecule has 7 aromatic rings. The smallest absolute Gasteiger partial charge is 0.410 e. The quantitative estimate of drug-likeness (QED) is 0.1000. The summed E-state index contributed by atoms with van der Waals surface area (Å²) in [6.45, 7) is 13.6. The summed E-state index contributed by atoms with van der Waals surface area (Å²) in [7, 11) is 0. The van der Waals surface area contributed by atoms with Crippen molar-refractivity contribution in [1.82, 2.24) is 59.7 Å². The molecular weight excluding hydrogens is 1280 g/mol. The lowest BCUT2D eigenvalue weighted by molar-refractivity contribution is -0.128. The molecule has 6 radical (unpaired) electrons. The Bertz CT molecular complexity index is 3290. The zero-order valence-corrected chi connectivity index (χ0v) is 53.4. The van der Waals surface area contributed by atoms with Crippen molar-refractivity contribution in [3.05, 3.63) is 196 Å². The van der Waals surface area contributed by atoms with Crippen LogP contribution in [-0.2, 0) is 59.7 Å². The van der Waals surface area contributed by atoms with Crippen molar-refractivity contribution in [3.8, 4) is 0 Å². The minimum absolute atomic E-state index is 0. The van der Waals surface area contributed by atoms with E-state index in [1.165, 1.54) is 22.3 Å². The van der Waals surface area contributed by atoms with Gasteiger partial charge in [-0.3, -0.25) is 34.3 Å². The molecule has 2 aliphatic heterocycles. The molecule has 83 heavy (non-hydrogen) atoms. The lowest BCUT2D eigenvalue weighted by Gasteiger charge is -2.43. The fraction of sp³-hybridized carbons (Fsp3) is 0.383. The van der Waals surface area contributed by atoms with E-state index < -0.39 is 12.1 Å². The van der Waals surface area contributed by atoms with Gasteiger partial charge in [0, 0.05) is 126 Å². The summed E-state index contributed by atoms with van der Waals surface area (Å²) in [6, 6.07) is 24.8. The molecule has 0 bridgehead atoms. The van der Waals surface area contributed by atoms with E-state index >= 15 is 0 Å². The van der Waals surface area contributed by atoms with Crippen molar-refractivity contribution < 1.29 is 19.1 Å². The Morgan fingerprint density at radius 1 is 0.651 bits per heavy atom. The number of nitrogens with one attached hydrogen (secondary N) is 3. The number of nitrogens with zero attached hydrogens (tertiary/aromatic N) is 9. The largest absolute Gasteiger partial charge is 0.445 e. The normalized spacial score (nSPS) is 18.3. The third-order valence-corrected chi connectivity index (χ3v) is 16.8. The third kappa shape index (κ3) is 15.7. The first kappa shape index (κ1) is 65.2. The van der Waals surface area contributed by atoms with Gasteiger partial charge in [-0.1, -0.05) is 65.7 Å². The molecule has 23 heteroatoms. The summed E-state index contributed by atoms with van der Waals surface area (Å²) in [4.78, 5) is 65.4. The number of aryl methyl sites for hydroxylation is 8. The van der Waals surface area contributed by atoms with Gasteiger partial charge in [-0.25, -0.2) is 14.8 Å². The van der Waals surface area contributed by atoms with E-state index in [9.17, 15) is 14.4 Å². The highest BCUT2D eigenvalue weighted by Gasteiger charge is 2.41. The van der Waals surface area contributed by atoms with Crippen molar-refractivity contribution in [2.45, 2.75) is 97.2 Å². The lowest BCUT2D eigenvalue weighted by Crippen LogP contribution is -2.61. The summed E-state index contributed by atoms with van der Waals surface area (Å²) in [5.74, 6) is 1.66. The van der Waals surface area contributed by atoms with Crippen molar-refractivity contribution in [3.63, 3.8) is 0 Å². The number of piperazine rings is 2. The number of fused-ring (bicyclic) bond motifs is 4. The molecule has 11 rings (SSSR count). The molecule has 2 unspecified atom stereocenters. The number of pyridine rings is 2. The monoisotopic (exact) mass is 1350 g/mol. The Labute approximate surface area is 527 Å². The van der Waals surface area contributed by atoms with Crippen molar-refractivity contribution in [1.29, 1.82) is 0 Å². The predicted molar refractivity (Wildman–Crippen MR) is 339 cm³/mol. The van der Waals surface area contributed by atoms with Crippen LogP contribution in [0.4, 0.5) is 4.79 Å². The molecule has 0 spiro atoms. The minimum atomic E-state index is -0.759. The first-order valence-corrected chi connectivity index (χ1v) is 29.6. The maximum absolute atomic E-state index is 13.9. The van der Waals surface area contributed by atoms with Gasteiger partial charge in [-0.15, -0.1) is 17.0 Å². The molecule has 6 heterocycles. The molecule has 3 aromatic carbocycles. The predicted octanol–water partition coefficient (Wildman–Crippen LogP) is 9.04. The van der Waals surface area contributed by atoms with Gasteiger partial charge >= 0.3 is 6.09 Å². The van der Waals surface area contributed by atoms with E-state index in [4.69, 9.17) is 37.9 Å². The second kappa shape index (κ2) is 29.6. The Morgan fingerprint density at radius 2 is 1.16 bits per heavy atom. The van der Waals surface area contributed by atoms with E-state index in [1.807, 2.05) is 106 Å². The van der Waals surface area contributed by atoms with Crippen LogP contribution >= 0.6 is 72.0 Å². The fourth-order valence-electron chi connectivity index (χ4n) is 11.7. The number of hydrogen-bond acceptors (Lipinski definition) is 11. The molecule has 3 amide bonds. The summed E-state index contributed by atoms with van der Waals surface area (Å²) < 4.78 is 11.7. The molecular formula is C60H67B2Br3Cl2N12O4. The van der Waals surface area contributed by atoms with Crippen LogP contribution in [0.25, 0.3) is 0 Å². The SMILES string of the molecule is Br.Cc1cn(CCNC(=O)[C@H]2CN(C3c4ccc(Cl)cc4CCc4cc(Br)cnc43)CCN2)c(C)n1.Cc1cn(CCNC(=O)[C@H]2CN(C3c4ccc(Cl)cc4CCc4cc(Br)cnc43)CCN2C(=O)OCc2ccccc2)c(C)n1.[B].[B]. The number of benzene rings is 3. The van der Waals surface area contributed by atoms with Gasteiger partial charge < -0.3 is 29.8 Å². The van der Waals surface area contributed by atoms with Crippen LogP contribution in [0.2, 0.25) is 10.0 Å². The van der Waals surface area contributed by atoms with Gasteiger partial charge in [0.1, 0.15) is 24.3 Å². The summed E-state index contributed by atoms with van der Waals surface area (Å²) in [6.07, 6.45) is 10.7. The number of imidazole rings is 2. The Morgan fingerprint density at radius 3 is 1.67 bits per heavy atom. The van der Waals surface area contributed by atoms with Crippen LogP contribution in [0.15, 0.2) is 113 Å². The van der Waals surface area contributed by atoms with E-state index in [0.29, 0.717) is 57.4 Å². The van der Waals surface area contributed by atoms with Crippen molar-refractivity contribution in [2.75, 3.05) is 52.4 Å². The summed E-state index contributed by atoms with van der Waals surface area (Å²) in [5, 5.41) is 11.1. The second-order valence-corrected chi connectivity index (χ2v) is 23.7. The first-order valence-electron chi connectivity index (χ1n) is 27.3. The minimum Gasteiger partial charge on any atom is -0.445 e. The van der Waals surface area contributed by atoms with Gasteiger partial charge in [0.15, 0.2) is 0 Å².